The van der Waals surface area contributed by atoms with Gasteiger partial charge in [0, 0.05) is 24.0 Å². The van der Waals surface area contributed by atoms with E-state index in [1.807, 2.05) is 37.3 Å². The Morgan fingerprint density at radius 2 is 1.58 bits per heavy atom. The van der Waals surface area contributed by atoms with E-state index < -0.39 is 34.3 Å². The molecule has 38 heavy (non-hydrogen) atoms. The van der Waals surface area contributed by atoms with Crippen molar-refractivity contribution in [2.45, 2.75) is 32.4 Å². The molecule has 3 aromatic rings. The van der Waals surface area contributed by atoms with Crippen LogP contribution in [-0.4, -0.2) is 50.5 Å². The largest absolute Gasteiger partial charge is 0.354 e. The van der Waals surface area contributed by atoms with Gasteiger partial charge in [-0.15, -0.1) is 0 Å². The average molecular weight is 605 g/mol. The Bertz CT molecular complexity index is 1320. The number of amides is 2. The minimum Gasteiger partial charge on any atom is -0.354 e. The van der Waals surface area contributed by atoms with Gasteiger partial charge in [-0.25, -0.2) is 12.8 Å². The van der Waals surface area contributed by atoms with Crippen LogP contribution in [0.1, 0.15) is 24.5 Å². The quantitative estimate of drug-likeness (QED) is 0.330. The van der Waals surface area contributed by atoms with Crippen molar-refractivity contribution in [2.24, 2.45) is 0 Å². The highest BCUT2D eigenvalue weighted by molar-refractivity contribution is 9.10. The number of sulfonamides is 1. The molecule has 0 fully saturated rings. The van der Waals surface area contributed by atoms with Crippen LogP contribution in [0.25, 0.3) is 0 Å². The first-order valence-electron chi connectivity index (χ1n) is 12.2. The van der Waals surface area contributed by atoms with Crippen LogP contribution >= 0.6 is 15.9 Å². The summed E-state index contributed by atoms with van der Waals surface area (Å²) >= 11 is 3.33. The maximum absolute atomic E-state index is 13.9. The Kier molecular flexibility index (Phi) is 10.4. The van der Waals surface area contributed by atoms with Gasteiger partial charge in [-0.1, -0.05) is 65.3 Å². The molecule has 0 aromatic heterocycles. The summed E-state index contributed by atoms with van der Waals surface area (Å²) in [6.07, 6.45) is 1.96. The molecular weight excluding hydrogens is 573 g/mol. The lowest BCUT2D eigenvalue weighted by atomic mass is 10.0. The zero-order chi connectivity index (χ0) is 27.7. The van der Waals surface area contributed by atoms with E-state index in [-0.39, 0.29) is 18.9 Å². The van der Waals surface area contributed by atoms with Crippen molar-refractivity contribution >= 4 is 43.5 Å². The summed E-state index contributed by atoms with van der Waals surface area (Å²) < 4.78 is 40.8. The van der Waals surface area contributed by atoms with E-state index in [9.17, 15) is 22.4 Å². The summed E-state index contributed by atoms with van der Waals surface area (Å²) in [6.45, 7) is 1.84. The van der Waals surface area contributed by atoms with Gasteiger partial charge in [-0.2, -0.15) is 0 Å². The van der Waals surface area contributed by atoms with Gasteiger partial charge < -0.3 is 10.2 Å². The van der Waals surface area contributed by atoms with Gasteiger partial charge in [-0.05, 0) is 53.9 Å². The van der Waals surface area contributed by atoms with Crippen LogP contribution < -0.4 is 9.62 Å². The molecule has 3 rings (SSSR count). The summed E-state index contributed by atoms with van der Waals surface area (Å²) in [5.74, 6) is -1.33. The first-order chi connectivity index (χ1) is 18.1. The van der Waals surface area contributed by atoms with Crippen LogP contribution in [0.3, 0.4) is 0 Å². The zero-order valence-electron chi connectivity index (χ0n) is 21.3. The van der Waals surface area contributed by atoms with E-state index in [0.29, 0.717) is 24.2 Å². The third-order valence-electron chi connectivity index (χ3n) is 5.88. The number of nitrogens with zero attached hydrogens (tertiary/aromatic N) is 2. The summed E-state index contributed by atoms with van der Waals surface area (Å²) in [5.41, 5.74) is 1.77. The van der Waals surface area contributed by atoms with Crippen LogP contribution in [0, 0.1) is 5.82 Å². The van der Waals surface area contributed by atoms with Crippen molar-refractivity contribution in [3.8, 4) is 0 Å². The van der Waals surface area contributed by atoms with Gasteiger partial charge in [-0.3, -0.25) is 13.9 Å². The Balaban J connectivity index is 2.02. The second-order valence-corrected chi connectivity index (χ2v) is 11.7. The Hall–Kier alpha value is -3.24. The molecule has 0 aliphatic rings. The highest BCUT2D eigenvalue weighted by Crippen LogP contribution is 2.22. The number of carbonyl (C=O) groups excluding carboxylic acids is 2. The fraction of sp³-hybridized carbons (Fsp3) is 0.286. The van der Waals surface area contributed by atoms with Crippen molar-refractivity contribution in [1.82, 2.24) is 10.2 Å². The number of anilines is 1. The third kappa shape index (κ3) is 8.39. The number of halogens is 2. The van der Waals surface area contributed by atoms with Crippen LogP contribution in [0.2, 0.25) is 0 Å². The number of benzene rings is 3. The molecule has 0 unspecified atom stereocenters. The molecule has 1 N–H and O–H groups in total. The lowest BCUT2D eigenvalue weighted by molar-refractivity contribution is -0.140. The standard InChI is InChI=1S/C28H31BrFN3O4S/c1-3-17-31-28(35)26(18-21-7-5-4-6-8-21)32(19-22-9-13-24(30)14-10-22)27(34)20-33(38(2,36)37)25-15-11-23(29)12-16-25/h4-16,26H,3,17-20H2,1-2H3,(H,31,35)/t26-/m0/s1. The van der Waals surface area contributed by atoms with E-state index >= 15 is 0 Å². The summed E-state index contributed by atoms with van der Waals surface area (Å²) in [6, 6.07) is 20.6. The van der Waals surface area contributed by atoms with Gasteiger partial charge in [0.2, 0.25) is 21.8 Å². The highest BCUT2D eigenvalue weighted by Gasteiger charge is 2.32. The predicted molar refractivity (Wildman–Crippen MR) is 151 cm³/mol. The normalized spacial score (nSPS) is 12.0. The van der Waals surface area contributed by atoms with E-state index in [0.717, 1.165) is 20.6 Å². The lowest BCUT2D eigenvalue weighted by Crippen LogP contribution is -2.53. The molecule has 10 heteroatoms. The average Bonchev–Trinajstić information content (AvgIpc) is 2.89. The van der Waals surface area contributed by atoms with Crippen LogP contribution in [0.5, 0.6) is 0 Å². The Morgan fingerprint density at radius 1 is 0.947 bits per heavy atom. The Labute approximate surface area is 231 Å². The van der Waals surface area contributed by atoms with Crippen molar-refractivity contribution in [1.29, 1.82) is 0 Å². The molecule has 1 atom stereocenters. The topological polar surface area (TPSA) is 86.8 Å². The minimum absolute atomic E-state index is 0.00585. The van der Waals surface area contributed by atoms with Gasteiger partial charge in [0.05, 0.1) is 11.9 Å². The number of rotatable bonds is 12. The summed E-state index contributed by atoms with van der Waals surface area (Å²) in [7, 11) is -3.84. The van der Waals surface area contributed by atoms with Crippen molar-refractivity contribution in [3.05, 3.63) is 100 Å². The molecule has 3 aromatic carbocycles. The van der Waals surface area contributed by atoms with Gasteiger partial charge in [0.25, 0.3) is 0 Å². The van der Waals surface area contributed by atoms with E-state index in [2.05, 4.69) is 21.2 Å². The molecule has 0 aliphatic carbocycles. The summed E-state index contributed by atoms with van der Waals surface area (Å²) in [4.78, 5) is 28.6. The third-order valence-corrected chi connectivity index (χ3v) is 7.55. The molecule has 0 bridgehead atoms. The van der Waals surface area contributed by atoms with Crippen LogP contribution in [0.4, 0.5) is 10.1 Å². The van der Waals surface area contributed by atoms with E-state index in [1.54, 1.807) is 36.4 Å². The predicted octanol–water partition coefficient (Wildman–Crippen LogP) is 4.52. The summed E-state index contributed by atoms with van der Waals surface area (Å²) in [5, 5.41) is 2.87. The van der Waals surface area contributed by atoms with Crippen LogP contribution in [0.15, 0.2) is 83.3 Å². The monoisotopic (exact) mass is 603 g/mol. The maximum atomic E-state index is 13.9. The zero-order valence-corrected chi connectivity index (χ0v) is 23.7. The minimum atomic E-state index is -3.84. The van der Waals surface area contributed by atoms with Crippen LogP contribution in [-0.2, 0) is 32.6 Å². The molecule has 0 heterocycles. The van der Waals surface area contributed by atoms with E-state index in [4.69, 9.17) is 0 Å². The molecule has 0 spiro atoms. The molecular formula is C28H31BrFN3O4S. The second kappa shape index (κ2) is 13.5. The fourth-order valence-electron chi connectivity index (χ4n) is 3.93. The van der Waals surface area contributed by atoms with Gasteiger partial charge in [0.1, 0.15) is 18.4 Å². The molecule has 0 aliphatic heterocycles. The Morgan fingerprint density at radius 3 is 2.16 bits per heavy atom. The van der Waals surface area contributed by atoms with Crippen molar-refractivity contribution < 1.29 is 22.4 Å². The number of hydrogen-bond acceptors (Lipinski definition) is 4. The number of hydrogen-bond donors (Lipinski definition) is 1. The molecule has 202 valence electrons. The molecule has 0 saturated heterocycles. The van der Waals surface area contributed by atoms with Crippen molar-refractivity contribution in [3.63, 3.8) is 0 Å². The molecule has 0 saturated carbocycles. The van der Waals surface area contributed by atoms with Gasteiger partial charge in [0.15, 0.2) is 0 Å². The van der Waals surface area contributed by atoms with Crippen molar-refractivity contribution in [2.75, 3.05) is 23.7 Å². The maximum Gasteiger partial charge on any atom is 0.244 e. The number of carbonyl (C=O) groups is 2. The fourth-order valence-corrected chi connectivity index (χ4v) is 5.04. The van der Waals surface area contributed by atoms with Gasteiger partial charge >= 0.3 is 0 Å². The SMILES string of the molecule is CCCNC(=O)[C@H](Cc1ccccc1)N(Cc1ccc(F)cc1)C(=O)CN(c1ccc(Br)cc1)S(C)(=O)=O. The molecule has 0 radical (unpaired) electrons. The number of nitrogens with one attached hydrogen (secondary N) is 1. The van der Waals surface area contributed by atoms with E-state index in [1.165, 1.54) is 17.0 Å². The lowest BCUT2D eigenvalue weighted by Gasteiger charge is -2.33. The molecule has 7 nitrogen and oxygen atoms in total. The first kappa shape index (κ1) is 29.3. The smallest absolute Gasteiger partial charge is 0.244 e. The highest BCUT2D eigenvalue weighted by atomic mass is 79.9. The first-order valence-corrected chi connectivity index (χ1v) is 14.8. The second-order valence-electron chi connectivity index (χ2n) is 8.89. The molecule has 2 amide bonds.